The van der Waals surface area contributed by atoms with Gasteiger partial charge in [-0.1, -0.05) is 52.0 Å². The minimum absolute atomic E-state index is 0.0445. The third kappa shape index (κ3) is 9.65. The number of nitrogens with zero attached hydrogens (tertiary/aromatic N) is 6. The first-order valence-electron chi connectivity index (χ1n) is 23.1. The highest BCUT2D eigenvalue weighted by molar-refractivity contribution is 5.88. The van der Waals surface area contributed by atoms with Gasteiger partial charge in [0.25, 0.3) is 0 Å². The Morgan fingerprint density at radius 2 is 1.08 bits per heavy atom. The molecule has 8 rings (SSSR count). The molecule has 1 saturated carbocycles. The molecule has 4 saturated heterocycles. The average Bonchev–Trinajstić information content (AvgIpc) is 4.15. The number of morpholine rings is 2. The summed E-state index contributed by atoms with van der Waals surface area (Å²) in [7, 11) is 0. The molecule has 336 valence electrons. The van der Waals surface area contributed by atoms with Crippen LogP contribution in [0.4, 0.5) is 9.59 Å². The van der Waals surface area contributed by atoms with Crippen LogP contribution in [0.25, 0.3) is 11.3 Å². The van der Waals surface area contributed by atoms with Gasteiger partial charge in [0.15, 0.2) is 0 Å². The van der Waals surface area contributed by atoms with Crippen molar-refractivity contribution in [1.29, 1.82) is 0 Å². The van der Waals surface area contributed by atoms with Gasteiger partial charge < -0.3 is 49.7 Å². The van der Waals surface area contributed by atoms with Crippen LogP contribution in [0.3, 0.4) is 0 Å². The first kappa shape index (κ1) is 43.7. The Balaban J connectivity index is 0.844. The van der Waals surface area contributed by atoms with Gasteiger partial charge in [0.2, 0.25) is 11.8 Å². The molecule has 6 amide bonds. The van der Waals surface area contributed by atoms with Gasteiger partial charge in [-0.2, -0.15) is 0 Å². The summed E-state index contributed by atoms with van der Waals surface area (Å²) >= 11 is 0. The summed E-state index contributed by atoms with van der Waals surface area (Å²) in [6.07, 6.45) is 11.5. The maximum atomic E-state index is 14.0. The Morgan fingerprint density at radius 1 is 0.613 bits per heavy atom. The van der Waals surface area contributed by atoms with Gasteiger partial charge in [-0.05, 0) is 80.2 Å². The number of aromatic amines is 2. The first-order chi connectivity index (χ1) is 30.0. The molecule has 0 unspecified atom stereocenters. The third-order valence-electron chi connectivity index (χ3n) is 13.8. The van der Waals surface area contributed by atoms with Gasteiger partial charge in [-0.3, -0.25) is 9.59 Å². The Labute approximate surface area is 365 Å². The van der Waals surface area contributed by atoms with Gasteiger partial charge in [0, 0.05) is 57.1 Å². The number of ether oxygens (including phenoxy) is 2. The van der Waals surface area contributed by atoms with Crippen molar-refractivity contribution in [1.82, 2.24) is 50.2 Å². The highest BCUT2D eigenvalue weighted by atomic mass is 16.5. The summed E-state index contributed by atoms with van der Waals surface area (Å²) in [5.74, 6) is 2.25. The Bertz CT molecular complexity index is 2000. The van der Waals surface area contributed by atoms with E-state index in [0.717, 1.165) is 80.0 Å². The van der Waals surface area contributed by atoms with Crippen LogP contribution in [0.2, 0.25) is 0 Å². The second kappa shape index (κ2) is 19.6. The molecular weight excluding hydrogens is 789 g/mol. The molecule has 6 heterocycles. The number of H-pyrrole nitrogens is 2. The third-order valence-corrected chi connectivity index (χ3v) is 13.8. The molecule has 0 spiro atoms. The lowest BCUT2D eigenvalue weighted by Gasteiger charge is -2.33. The number of amides is 6. The van der Waals surface area contributed by atoms with Gasteiger partial charge >= 0.3 is 12.1 Å². The fourth-order valence-electron chi connectivity index (χ4n) is 10.0. The quantitative estimate of drug-likeness (QED) is 0.190. The molecule has 16 heteroatoms. The summed E-state index contributed by atoms with van der Waals surface area (Å²) in [4.78, 5) is 78.0. The van der Waals surface area contributed by atoms with Crippen molar-refractivity contribution in [3.05, 3.63) is 59.6 Å². The number of hydrogen-bond acceptors (Lipinski definition) is 8. The summed E-state index contributed by atoms with van der Waals surface area (Å²) in [6.45, 7) is 13.3. The second-order valence-electron chi connectivity index (χ2n) is 18.5. The average molecular weight is 855 g/mol. The van der Waals surface area contributed by atoms with Gasteiger partial charge in [-0.25, -0.2) is 19.6 Å². The van der Waals surface area contributed by atoms with Crippen molar-refractivity contribution in [2.45, 2.75) is 115 Å². The van der Waals surface area contributed by atoms with Crippen LogP contribution < -0.4 is 10.6 Å². The number of carbonyl (C=O) groups is 4. The second-order valence-corrected chi connectivity index (χ2v) is 18.5. The molecule has 1 aromatic carbocycles. The van der Waals surface area contributed by atoms with E-state index in [0.29, 0.717) is 77.5 Å². The molecule has 4 atom stereocenters. The molecule has 3 aromatic rings. The molecule has 5 fully saturated rings. The van der Waals surface area contributed by atoms with Crippen molar-refractivity contribution in [3.8, 4) is 11.3 Å². The van der Waals surface area contributed by atoms with Gasteiger partial charge in [0.1, 0.15) is 23.7 Å². The zero-order valence-corrected chi connectivity index (χ0v) is 36.9. The Morgan fingerprint density at radius 3 is 1.58 bits per heavy atom. The monoisotopic (exact) mass is 855 g/mol. The number of imidazole rings is 2. The standard InChI is InChI=1S/C46H66N10O6/c1-29(2)39(51-45(59)53-19-23-61-24-20-53)43(57)55-17-5-7-37(55)41-47-27-35(49-41)33-13-9-31(10-14-33)32-11-15-34(16-12-32)36-28-48-42(50-36)38-8-6-18-56(38)44(58)40(30(3)4)52-46(60)54-21-25-62-26-22-54/h9-10,13-14,27-30,32,34,37-40H,5-8,11-12,15-26H2,1-4H3,(H,47,49)(H,48,50)(H,51,59)(H,52,60)/t32-,34+,37-,38-,39-,40-/m0/s1. The normalized spacial score (nSPS) is 24.4. The lowest BCUT2D eigenvalue weighted by Crippen LogP contribution is -2.55. The van der Waals surface area contributed by atoms with Crippen molar-refractivity contribution in [2.24, 2.45) is 11.8 Å². The molecule has 0 radical (unpaired) electrons. The molecule has 16 nitrogen and oxygen atoms in total. The van der Waals surface area contributed by atoms with Gasteiger partial charge in [-0.15, -0.1) is 0 Å². The first-order valence-corrected chi connectivity index (χ1v) is 23.1. The van der Waals surface area contributed by atoms with E-state index in [9.17, 15) is 19.2 Å². The lowest BCUT2D eigenvalue weighted by molar-refractivity contribution is -0.136. The fraction of sp³-hybridized carbons (Fsp3) is 0.652. The molecule has 5 aliphatic rings. The molecule has 4 aliphatic heterocycles. The van der Waals surface area contributed by atoms with Crippen LogP contribution in [0, 0.1) is 11.8 Å². The number of aromatic nitrogens is 4. The van der Waals surface area contributed by atoms with Crippen molar-refractivity contribution in [2.75, 3.05) is 65.7 Å². The number of hydrogen-bond donors (Lipinski definition) is 4. The maximum absolute atomic E-state index is 14.0. The summed E-state index contributed by atoms with van der Waals surface area (Å²) in [5.41, 5.74) is 4.46. The summed E-state index contributed by atoms with van der Waals surface area (Å²) in [5, 5.41) is 6.06. The predicted molar refractivity (Wildman–Crippen MR) is 233 cm³/mol. The largest absolute Gasteiger partial charge is 0.378 e. The summed E-state index contributed by atoms with van der Waals surface area (Å²) < 4.78 is 10.8. The van der Waals surface area contributed by atoms with E-state index >= 15 is 0 Å². The van der Waals surface area contributed by atoms with Crippen molar-refractivity contribution >= 4 is 23.9 Å². The topological polar surface area (TPSA) is 181 Å². The van der Waals surface area contributed by atoms with E-state index < -0.39 is 12.1 Å². The minimum Gasteiger partial charge on any atom is -0.378 e. The van der Waals surface area contributed by atoms with Crippen LogP contribution in [0.1, 0.15) is 126 Å². The smallest absolute Gasteiger partial charge is 0.318 e. The predicted octanol–water partition coefficient (Wildman–Crippen LogP) is 5.70. The van der Waals surface area contributed by atoms with E-state index in [4.69, 9.17) is 19.4 Å². The van der Waals surface area contributed by atoms with E-state index in [1.54, 1.807) is 9.80 Å². The van der Waals surface area contributed by atoms with Crippen molar-refractivity contribution in [3.63, 3.8) is 0 Å². The number of likely N-dealkylation sites (tertiary alicyclic amines) is 2. The van der Waals surface area contributed by atoms with E-state index in [2.05, 4.69) is 44.9 Å². The lowest BCUT2D eigenvalue weighted by atomic mass is 9.77. The summed E-state index contributed by atoms with van der Waals surface area (Å²) in [6, 6.07) is 6.87. The number of benzene rings is 1. The zero-order valence-electron chi connectivity index (χ0n) is 36.9. The molecule has 4 N–H and O–H groups in total. The number of carbonyl (C=O) groups excluding carboxylic acids is 4. The zero-order chi connectivity index (χ0) is 43.3. The molecule has 2 aromatic heterocycles. The fourth-order valence-corrected chi connectivity index (χ4v) is 10.0. The van der Waals surface area contributed by atoms with Crippen LogP contribution in [-0.2, 0) is 19.1 Å². The Kier molecular flexibility index (Phi) is 13.8. The van der Waals surface area contributed by atoms with Gasteiger partial charge in [0.05, 0.1) is 50.4 Å². The molecule has 0 bridgehead atoms. The van der Waals surface area contributed by atoms with E-state index in [-0.39, 0.29) is 47.8 Å². The number of nitrogens with one attached hydrogen (secondary N) is 4. The highest BCUT2D eigenvalue weighted by Gasteiger charge is 2.40. The molecular formula is C46H66N10O6. The number of urea groups is 2. The highest BCUT2D eigenvalue weighted by Crippen LogP contribution is 2.41. The van der Waals surface area contributed by atoms with Crippen molar-refractivity contribution < 1.29 is 28.7 Å². The van der Waals surface area contributed by atoms with Crippen LogP contribution in [0.5, 0.6) is 0 Å². The molecule has 1 aliphatic carbocycles. The molecule has 62 heavy (non-hydrogen) atoms. The van der Waals surface area contributed by atoms with Crippen LogP contribution >= 0.6 is 0 Å². The Hall–Kier alpha value is -4.96. The maximum Gasteiger partial charge on any atom is 0.318 e. The number of rotatable bonds is 11. The van der Waals surface area contributed by atoms with Crippen LogP contribution in [0.15, 0.2) is 36.7 Å². The van der Waals surface area contributed by atoms with E-state index in [1.165, 1.54) is 5.56 Å². The SMILES string of the molecule is CC(C)[C@H](NC(=O)N1CCOCC1)C(=O)N1CCC[C@H]1c1ncc(-c2ccc([C@H]3CC[C@@H](c4cnc([C@@H]5CCCN5C(=O)[C@@H](NC(=O)N5CCOCC5)C(C)C)[nH]4)CC3)cc2)[nH]1. The van der Waals surface area contributed by atoms with Crippen LogP contribution in [-0.4, -0.2) is 141 Å². The van der Waals surface area contributed by atoms with E-state index in [1.807, 2.05) is 49.9 Å². The minimum atomic E-state index is -0.619.